The van der Waals surface area contributed by atoms with E-state index in [2.05, 4.69) is 10.6 Å². The number of hydrogen-bond donors (Lipinski definition) is 2. The normalized spacial score (nSPS) is 14.6. The molecule has 0 unspecified atom stereocenters. The first-order chi connectivity index (χ1) is 13.3. The van der Waals surface area contributed by atoms with Crippen LogP contribution in [0.5, 0.6) is 0 Å². The Kier molecular flexibility index (Phi) is 5.81. The highest BCUT2D eigenvalue weighted by Gasteiger charge is 2.27. The van der Waals surface area contributed by atoms with E-state index in [1.807, 2.05) is 13.0 Å². The zero-order valence-corrected chi connectivity index (χ0v) is 16.7. The summed E-state index contributed by atoms with van der Waals surface area (Å²) < 4.78 is 26.9. The third kappa shape index (κ3) is 4.40. The van der Waals surface area contributed by atoms with Crippen molar-refractivity contribution in [3.05, 3.63) is 53.6 Å². The smallest absolute Gasteiger partial charge is 0.255 e. The number of benzene rings is 2. The molecule has 1 saturated heterocycles. The van der Waals surface area contributed by atoms with Gasteiger partial charge in [0.1, 0.15) is 0 Å². The van der Waals surface area contributed by atoms with Crippen LogP contribution in [0.1, 0.15) is 35.7 Å². The lowest BCUT2D eigenvalue weighted by molar-refractivity contribution is -0.114. The average Bonchev–Trinajstić information content (AvgIpc) is 3.19. The number of amides is 2. The molecule has 2 amide bonds. The van der Waals surface area contributed by atoms with E-state index in [0.717, 1.165) is 18.4 Å². The number of nitrogens with zero attached hydrogens (tertiary/aromatic N) is 1. The molecule has 0 aliphatic carbocycles. The minimum absolute atomic E-state index is 0.105. The van der Waals surface area contributed by atoms with Gasteiger partial charge in [0, 0.05) is 25.6 Å². The van der Waals surface area contributed by atoms with E-state index in [0.29, 0.717) is 24.5 Å². The molecule has 1 aliphatic rings. The van der Waals surface area contributed by atoms with Gasteiger partial charge < -0.3 is 10.6 Å². The molecule has 8 heteroatoms. The summed E-state index contributed by atoms with van der Waals surface area (Å²) in [6.07, 6.45) is 1.69. The first kappa shape index (κ1) is 20.0. The minimum atomic E-state index is -3.60. The molecular formula is C20H23N3O4S. The topological polar surface area (TPSA) is 95.6 Å². The van der Waals surface area contributed by atoms with Gasteiger partial charge in [-0.15, -0.1) is 0 Å². The maximum absolute atomic E-state index is 12.7. The highest BCUT2D eigenvalue weighted by Crippen LogP contribution is 2.25. The second kappa shape index (κ2) is 8.12. The fourth-order valence-electron chi connectivity index (χ4n) is 3.13. The summed E-state index contributed by atoms with van der Waals surface area (Å²) in [6.45, 7) is 4.26. The van der Waals surface area contributed by atoms with Crippen LogP contribution >= 0.6 is 0 Å². The van der Waals surface area contributed by atoms with Crippen molar-refractivity contribution in [3.8, 4) is 0 Å². The van der Waals surface area contributed by atoms with Crippen molar-refractivity contribution in [2.45, 2.75) is 31.6 Å². The molecule has 2 aromatic carbocycles. The third-order valence-electron chi connectivity index (χ3n) is 4.53. The van der Waals surface area contributed by atoms with Crippen molar-refractivity contribution in [2.24, 2.45) is 0 Å². The highest BCUT2D eigenvalue weighted by atomic mass is 32.2. The van der Waals surface area contributed by atoms with Crippen molar-refractivity contribution in [1.82, 2.24) is 4.31 Å². The van der Waals surface area contributed by atoms with Crippen LogP contribution in [0.15, 0.2) is 47.4 Å². The van der Waals surface area contributed by atoms with Gasteiger partial charge in [0.15, 0.2) is 0 Å². The van der Waals surface area contributed by atoms with Gasteiger partial charge in [-0.25, -0.2) is 8.42 Å². The summed E-state index contributed by atoms with van der Waals surface area (Å²) in [7, 11) is -3.60. The predicted octanol–water partition coefficient (Wildman–Crippen LogP) is 2.99. The number of rotatable bonds is 5. The fourth-order valence-corrected chi connectivity index (χ4v) is 4.69. The summed E-state index contributed by atoms with van der Waals surface area (Å²) >= 11 is 0. The summed E-state index contributed by atoms with van der Waals surface area (Å²) in [5, 5.41) is 5.43. The fraction of sp³-hybridized carbons (Fsp3) is 0.300. The maximum atomic E-state index is 12.7. The van der Waals surface area contributed by atoms with E-state index >= 15 is 0 Å². The van der Waals surface area contributed by atoms with Crippen molar-refractivity contribution >= 4 is 33.2 Å². The van der Waals surface area contributed by atoms with Gasteiger partial charge in [-0.3, -0.25) is 9.59 Å². The standard InChI is InChI=1S/C20H23N3O4S/c1-14-8-9-18(21-15(2)24)19(12-14)22-20(25)16-6-5-7-17(13-16)28(26,27)23-10-3-4-11-23/h5-9,12-13H,3-4,10-11H2,1-2H3,(H,21,24)(H,22,25). The third-order valence-corrected chi connectivity index (χ3v) is 6.43. The van der Waals surface area contributed by atoms with E-state index in [1.54, 1.807) is 24.3 Å². The number of anilines is 2. The van der Waals surface area contributed by atoms with Crippen molar-refractivity contribution in [3.63, 3.8) is 0 Å². The number of sulfonamides is 1. The average molecular weight is 401 g/mol. The van der Waals surface area contributed by atoms with E-state index in [4.69, 9.17) is 0 Å². The summed E-state index contributed by atoms with van der Waals surface area (Å²) in [5.74, 6) is -0.700. The van der Waals surface area contributed by atoms with Crippen LogP contribution in [0, 0.1) is 6.92 Å². The summed E-state index contributed by atoms with van der Waals surface area (Å²) in [4.78, 5) is 24.2. The molecule has 0 radical (unpaired) electrons. The van der Waals surface area contributed by atoms with Gasteiger partial charge in [0.2, 0.25) is 15.9 Å². The van der Waals surface area contributed by atoms with Gasteiger partial charge in [-0.2, -0.15) is 4.31 Å². The van der Waals surface area contributed by atoms with Crippen LogP contribution < -0.4 is 10.6 Å². The molecule has 0 aromatic heterocycles. The van der Waals surface area contributed by atoms with Crippen LogP contribution in [-0.4, -0.2) is 37.6 Å². The Balaban J connectivity index is 1.86. The van der Waals surface area contributed by atoms with Crippen molar-refractivity contribution in [2.75, 3.05) is 23.7 Å². The van der Waals surface area contributed by atoms with Crippen LogP contribution in [0.25, 0.3) is 0 Å². The SMILES string of the molecule is CC(=O)Nc1ccc(C)cc1NC(=O)c1cccc(S(=O)(=O)N2CCCC2)c1. The zero-order chi connectivity index (χ0) is 20.3. The molecule has 0 bridgehead atoms. The predicted molar refractivity (Wildman–Crippen MR) is 108 cm³/mol. The molecule has 2 N–H and O–H groups in total. The molecule has 1 aliphatic heterocycles. The van der Waals surface area contributed by atoms with Gasteiger partial charge >= 0.3 is 0 Å². The Morgan fingerprint density at radius 3 is 2.36 bits per heavy atom. The first-order valence-corrected chi connectivity index (χ1v) is 10.5. The molecule has 28 heavy (non-hydrogen) atoms. The molecule has 0 atom stereocenters. The molecule has 148 valence electrons. The lowest BCUT2D eigenvalue weighted by Gasteiger charge is -2.16. The molecule has 7 nitrogen and oxygen atoms in total. The van der Waals surface area contributed by atoms with Crippen molar-refractivity contribution < 1.29 is 18.0 Å². The second-order valence-corrected chi connectivity index (χ2v) is 8.76. The Morgan fingerprint density at radius 2 is 1.68 bits per heavy atom. The maximum Gasteiger partial charge on any atom is 0.255 e. The van der Waals surface area contributed by atoms with E-state index in [-0.39, 0.29) is 16.4 Å². The monoisotopic (exact) mass is 401 g/mol. The van der Waals surface area contributed by atoms with Gasteiger partial charge in [0.25, 0.3) is 5.91 Å². The lowest BCUT2D eigenvalue weighted by atomic mass is 10.1. The molecule has 3 rings (SSSR count). The van der Waals surface area contributed by atoms with E-state index in [1.165, 1.54) is 23.4 Å². The Labute approximate surface area is 164 Å². The Hall–Kier alpha value is -2.71. The first-order valence-electron chi connectivity index (χ1n) is 9.07. The number of hydrogen-bond acceptors (Lipinski definition) is 4. The minimum Gasteiger partial charge on any atom is -0.325 e. The van der Waals surface area contributed by atoms with Crippen molar-refractivity contribution in [1.29, 1.82) is 0 Å². The molecule has 0 saturated carbocycles. The molecular weight excluding hydrogens is 378 g/mol. The molecule has 2 aromatic rings. The lowest BCUT2D eigenvalue weighted by Crippen LogP contribution is -2.28. The summed E-state index contributed by atoms with van der Waals surface area (Å²) in [6, 6.07) is 11.3. The van der Waals surface area contributed by atoms with Crippen LogP contribution in [-0.2, 0) is 14.8 Å². The number of nitrogens with one attached hydrogen (secondary N) is 2. The van der Waals surface area contributed by atoms with Gasteiger partial charge in [-0.1, -0.05) is 12.1 Å². The van der Waals surface area contributed by atoms with Gasteiger partial charge in [-0.05, 0) is 55.7 Å². The Bertz CT molecular complexity index is 1010. The highest BCUT2D eigenvalue weighted by molar-refractivity contribution is 7.89. The Morgan fingerprint density at radius 1 is 0.964 bits per heavy atom. The quantitative estimate of drug-likeness (QED) is 0.805. The van der Waals surface area contributed by atoms with Crippen LogP contribution in [0.2, 0.25) is 0 Å². The molecule has 1 fully saturated rings. The summed E-state index contributed by atoms with van der Waals surface area (Å²) in [5.41, 5.74) is 2.07. The van der Waals surface area contributed by atoms with E-state index in [9.17, 15) is 18.0 Å². The largest absolute Gasteiger partial charge is 0.325 e. The zero-order valence-electron chi connectivity index (χ0n) is 15.9. The number of aryl methyl sites for hydroxylation is 1. The van der Waals surface area contributed by atoms with Gasteiger partial charge in [0.05, 0.1) is 16.3 Å². The number of carbonyl (C=O) groups is 2. The molecule has 1 heterocycles. The van der Waals surface area contributed by atoms with Crippen LogP contribution in [0.3, 0.4) is 0 Å². The second-order valence-electron chi connectivity index (χ2n) is 6.82. The molecule has 0 spiro atoms. The van der Waals surface area contributed by atoms with E-state index < -0.39 is 15.9 Å². The number of carbonyl (C=O) groups excluding carboxylic acids is 2. The van der Waals surface area contributed by atoms with Crippen LogP contribution in [0.4, 0.5) is 11.4 Å².